The van der Waals surface area contributed by atoms with Crippen LogP contribution in [0.4, 0.5) is 11.4 Å². The van der Waals surface area contributed by atoms with Gasteiger partial charge in [0.25, 0.3) is 0 Å². The van der Waals surface area contributed by atoms with Crippen LogP contribution in [0.25, 0.3) is 0 Å². The highest BCUT2D eigenvalue weighted by atomic mass is 16.5. The van der Waals surface area contributed by atoms with Gasteiger partial charge in [0.15, 0.2) is 0 Å². The van der Waals surface area contributed by atoms with E-state index in [0.717, 1.165) is 42.3 Å². The Morgan fingerprint density at radius 2 is 1.75 bits per heavy atom. The molecule has 0 fully saturated rings. The average Bonchev–Trinajstić information content (AvgIpc) is 2.69. The predicted octanol–water partition coefficient (Wildman–Crippen LogP) is 3.66. The van der Waals surface area contributed by atoms with Gasteiger partial charge in [-0.2, -0.15) is 0 Å². The highest BCUT2D eigenvalue weighted by Crippen LogP contribution is 2.38. The molecule has 3 heteroatoms. The van der Waals surface area contributed by atoms with Gasteiger partial charge in [-0.05, 0) is 31.5 Å². The van der Waals surface area contributed by atoms with Gasteiger partial charge >= 0.3 is 0 Å². The Balaban J connectivity index is 2.10. The molecule has 0 unspecified atom stereocenters. The monoisotopic (exact) mass is 269 g/mol. The van der Waals surface area contributed by atoms with Gasteiger partial charge in [-0.3, -0.25) is 0 Å². The van der Waals surface area contributed by atoms with Crippen molar-refractivity contribution in [3.63, 3.8) is 0 Å². The summed E-state index contributed by atoms with van der Waals surface area (Å²) in [5.74, 6) is 0.908. The normalized spacial score (nSPS) is 16.0. The Labute approximate surface area is 119 Å². The zero-order valence-electron chi connectivity index (χ0n) is 11.6. The lowest BCUT2D eigenvalue weighted by atomic mass is 10.1. The highest BCUT2D eigenvalue weighted by molar-refractivity contribution is 5.72. The number of ether oxygens (including phenoxy) is 1. The summed E-state index contributed by atoms with van der Waals surface area (Å²) < 4.78 is 5.80. The molecule has 1 N–H and O–H groups in total. The number of anilines is 2. The van der Waals surface area contributed by atoms with Gasteiger partial charge in [0, 0.05) is 17.8 Å². The fourth-order valence-corrected chi connectivity index (χ4v) is 2.66. The lowest BCUT2D eigenvalue weighted by Crippen LogP contribution is -2.19. The van der Waals surface area contributed by atoms with E-state index in [4.69, 9.17) is 4.74 Å². The number of aliphatic hydroxyl groups is 1. The summed E-state index contributed by atoms with van der Waals surface area (Å²) in [5, 5.41) is 10.00. The van der Waals surface area contributed by atoms with E-state index in [1.807, 2.05) is 36.4 Å². The second-order valence-electron chi connectivity index (χ2n) is 5.06. The molecule has 0 saturated heterocycles. The third-order valence-corrected chi connectivity index (χ3v) is 3.62. The Kier molecular flexibility index (Phi) is 3.61. The van der Waals surface area contributed by atoms with Crippen molar-refractivity contribution in [1.82, 2.24) is 0 Å². The van der Waals surface area contributed by atoms with Gasteiger partial charge in [-0.15, -0.1) is 0 Å². The molecule has 0 spiro atoms. The molecule has 0 bridgehead atoms. The van der Waals surface area contributed by atoms with Crippen molar-refractivity contribution in [2.75, 3.05) is 18.1 Å². The molecular weight excluding hydrogens is 250 g/mol. The number of hydrogen-bond donors (Lipinski definition) is 1. The Hall–Kier alpha value is -2.00. The van der Waals surface area contributed by atoms with Gasteiger partial charge in [0.2, 0.25) is 0 Å². The van der Waals surface area contributed by atoms with E-state index in [0.29, 0.717) is 0 Å². The molecule has 3 nitrogen and oxygen atoms in total. The van der Waals surface area contributed by atoms with Crippen molar-refractivity contribution in [2.24, 2.45) is 0 Å². The molecule has 2 aromatic carbocycles. The first kappa shape index (κ1) is 13.0. The predicted molar refractivity (Wildman–Crippen MR) is 80.6 cm³/mol. The second kappa shape index (κ2) is 5.55. The van der Waals surface area contributed by atoms with E-state index in [1.165, 1.54) is 0 Å². The maximum atomic E-state index is 10.00. The molecule has 1 aliphatic rings. The number of benzene rings is 2. The third-order valence-electron chi connectivity index (χ3n) is 3.62. The van der Waals surface area contributed by atoms with Gasteiger partial charge in [0.1, 0.15) is 5.75 Å². The summed E-state index contributed by atoms with van der Waals surface area (Å²) in [5.41, 5.74) is 3.07. The number of nitrogens with zero attached hydrogens (tertiary/aromatic N) is 1. The van der Waals surface area contributed by atoms with Crippen LogP contribution in [0, 0.1) is 0 Å². The molecule has 0 amide bonds. The Morgan fingerprint density at radius 3 is 2.55 bits per heavy atom. The van der Waals surface area contributed by atoms with Crippen LogP contribution >= 0.6 is 0 Å². The highest BCUT2D eigenvalue weighted by Gasteiger charge is 2.20. The Bertz CT molecular complexity index is 595. The van der Waals surface area contributed by atoms with Crippen LogP contribution in [0.1, 0.15) is 25.0 Å². The minimum Gasteiger partial charge on any atom is -0.491 e. The number of para-hydroxylation sites is 3. The second-order valence-corrected chi connectivity index (χ2v) is 5.06. The van der Waals surface area contributed by atoms with E-state index in [2.05, 4.69) is 17.0 Å². The molecule has 1 aliphatic heterocycles. The first-order chi connectivity index (χ1) is 9.77. The zero-order valence-corrected chi connectivity index (χ0v) is 11.6. The van der Waals surface area contributed by atoms with Crippen LogP contribution in [0.2, 0.25) is 0 Å². The molecule has 0 radical (unpaired) electrons. The first-order valence-corrected chi connectivity index (χ1v) is 7.04. The van der Waals surface area contributed by atoms with Gasteiger partial charge < -0.3 is 14.7 Å². The van der Waals surface area contributed by atoms with Gasteiger partial charge in [-0.1, -0.05) is 30.3 Å². The minimum absolute atomic E-state index is 0.484. The summed E-state index contributed by atoms with van der Waals surface area (Å²) in [6.07, 6.45) is 0.477. The summed E-state index contributed by atoms with van der Waals surface area (Å²) >= 11 is 0. The molecule has 0 aliphatic carbocycles. The quantitative estimate of drug-likeness (QED) is 0.903. The number of fused-ring (bicyclic) bond motifs is 1. The smallest absolute Gasteiger partial charge is 0.142 e. The minimum atomic E-state index is -0.484. The first-order valence-electron chi connectivity index (χ1n) is 7.04. The van der Waals surface area contributed by atoms with Gasteiger partial charge in [0.05, 0.1) is 18.4 Å². The third kappa shape index (κ3) is 2.37. The van der Waals surface area contributed by atoms with Crippen molar-refractivity contribution in [3.8, 4) is 5.75 Å². The van der Waals surface area contributed by atoms with E-state index < -0.39 is 6.10 Å². The molecule has 1 heterocycles. The lowest BCUT2D eigenvalue weighted by Gasteiger charge is -2.27. The van der Waals surface area contributed by atoms with Crippen LogP contribution in [0.15, 0.2) is 48.5 Å². The van der Waals surface area contributed by atoms with Crippen LogP contribution in [0.3, 0.4) is 0 Å². The van der Waals surface area contributed by atoms with Crippen LogP contribution < -0.4 is 9.64 Å². The summed E-state index contributed by atoms with van der Waals surface area (Å²) in [6, 6.07) is 16.1. The number of rotatable bonds is 2. The maximum Gasteiger partial charge on any atom is 0.142 e. The molecule has 0 aromatic heterocycles. The fourth-order valence-electron chi connectivity index (χ4n) is 2.66. The van der Waals surface area contributed by atoms with E-state index in [-0.39, 0.29) is 0 Å². The molecule has 104 valence electrons. The molecule has 0 saturated carbocycles. The van der Waals surface area contributed by atoms with Crippen LogP contribution in [0.5, 0.6) is 5.75 Å². The Morgan fingerprint density at radius 1 is 1.05 bits per heavy atom. The molecular formula is C17H19NO2. The largest absolute Gasteiger partial charge is 0.491 e. The summed E-state index contributed by atoms with van der Waals surface area (Å²) in [7, 11) is 0. The molecule has 20 heavy (non-hydrogen) atoms. The SMILES string of the molecule is C[C@@H](O)c1ccccc1N1CCCOc2ccccc21. The fraction of sp³-hybridized carbons (Fsp3) is 0.294. The van der Waals surface area contributed by atoms with Gasteiger partial charge in [-0.25, -0.2) is 0 Å². The average molecular weight is 269 g/mol. The lowest BCUT2D eigenvalue weighted by molar-refractivity contribution is 0.199. The van der Waals surface area contributed by atoms with Crippen molar-refractivity contribution < 1.29 is 9.84 Å². The van der Waals surface area contributed by atoms with Crippen molar-refractivity contribution >= 4 is 11.4 Å². The zero-order chi connectivity index (χ0) is 13.9. The summed E-state index contributed by atoms with van der Waals surface area (Å²) in [6.45, 7) is 3.42. The van der Waals surface area contributed by atoms with E-state index >= 15 is 0 Å². The van der Waals surface area contributed by atoms with Crippen LogP contribution in [-0.2, 0) is 0 Å². The van der Waals surface area contributed by atoms with Crippen molar-refractivity contribution in [2.45, 2.75) is 19.4 Å². The standard InChI is InChI=1S/C17H19NO2/c1-13(19)14-7-2-3-8-15(14)18-11-6-12-20-17-10-5-4-9-16(17)18/h2-5,7-10,13,19H,6,11-12H2,1H3/t13-/m1/s1. The summed E-state index contributed by atoms with van der Waals surface area (Å²) in [4.78, 5) is 2.24. The maximum absolute atomic E-state index is 10.00. The van der Waals surface area contributed by atoms with Crippen molar-refractivity contribution in [1.29, 1.82) is 0 Å². The molecule has 3 rings (SSSR count). The molecule has 1 atom stereocenters. The number of aliphatic hydroxyl groups excluding tert-OH is 1. The van der Waals surface area contributed by atoms with E-state index in [1.54, 1.807) is 6.92 Å². The van der Waals surface area contributed by atoms with Crippen LogP contribution in [-0.4, -0.2) is 18.3 Å². The van der Waals surface area contributed by atoms with E-state index in [9.17, 15) is 5.11 Å². The molecule has 2 aromatic rings. The number of hydrogen-bond acceptors (Lipinski definition) is 3. The van der Waals surface area contributed by atoms with Crippen molar-refractivity contribution in [3.05, 3.63) is 54.1 Å². The topological polar surface area (TPSA) is 32.7 Å².